The van der Waals surface area contributed by atoms with E-state index in [0.29, 0.717) is 0 Å². The summed E-state index contributed by atoms with van der Waals surface area (Å²) in [6.07, 6.45) is 4.55. The topological polar surface area (TPSA) is 57.0 Å². The van der Waals surface area contributed by atoms with Crippen molar-refractivity contribution in [3.63, 3.8) is 0 Å². The molecule has 0 fully saturated rings. The smallest absolute Gasteiger partial charge is 0.101 e. The van der Waals surface area contributed by atoms with Crippen molar-refractivity contribution >= 4 is 0 Å². The first kappa shape index (κ1) is 11.0. The molecule has 0 aliphatic heterocycles. The molecule has 1 atom stereocenters. The monoisotopic (exact) mass is 219 g/mol. The third-order valence-electron chi connectivity index (χ3n) is 2.61. The molecule has 0 spiro atoms. The zero-order chi connectivity index (χ0) is 11.5. The first-order chi connectivity index (χ1) is 7.72. The number of aryl methyl sites for hydroxylation is 2. The molecule has 0 amide bonds. The van der Waals surface area contributed by atoms with E-state index in [4.69, 9.17) is 10.2 Å². The highest BCUT2D eigenvalue weighted by Crippen LogP contribution is 2.21. The van der Waals surface area contributed by atoms with E-state index >= 15 is 0 Å². The van der Waals surface area contributed by atoms with Crippen LogP contribution in [-0.2, 0) is 6.54 Å². The van der Waals surface area contributed by atoms with Crippen molar-refractivity contribution < 1.29 is 4.42 Å². The second-order valence-electron chi connectivity index (χ2n) is 3.95. The highest BCUT2D eigenvalue weighted by Gasteiger charge is 2.15. The number of aromatic nitrogens is 2. The first-order valence-corrected chi connectivity index (χ1v) is 5.54. The Morgan fingerprint density at radius 1 is 1.56 bits per heavy atom. The molecule has 0 bridgehead atoms. The van der Waals surface area contributed by atoms with Gasteiger partial charge in [0.2, 0.25) is 0 Å². The SMILES string of the molecule is CCCn1nccc1C(N)c1coc(C)c1. The van der Waals surface area contributed by atoms with Crippen LogP contribution in [0.4, 0.5) is 0 Å². The lowest BCUT2D eigenvalue weighted by Crippen LogP contribution is -2.17. The summed E-state index contributed by atoms with van der Waals surface area (Å²) in [6.45, 7) is 4.94. The van der Waals surface area contributed by atoms with Gasteiger partial charge in [-0.2, -0.15) is 5.10 Å². The quantitative estimate of drug-likeness (QED) is 0.858. The van der Waals surface area contributed by atoms with Crippen LogP contribution in [0, 0.1) is 6.92 Å². The molecule has 2 aromatic heterocycles. The Labute approximate surface area is 95.1 Å². The molecule has 1 unspecified atom stereocenters. The highest BCUT2D eigenvalue weighted by molar-refractivity contribution is 5.25. The summed E-state index contributed by atoms with van der Waals surface area (Å²) in [5, 5.41) is 4.27. The largest absolute Gasteiger partial charge is 0.469 e. The van der Waals surface area contributed by atoms with E-state index in [0.717, 1.165) is 30.0 Å². The number of hydrogen-bond acceptors (Lipinski definition) is 3. The van der Waals surface area contributed by atoms with Crippen LogP contribution in [0.3, 0.4) is 0 Å². The van der Waals surface area contributed by atoms with Gasteiger partial charge in [-0.1, -0.05) is 6.92 Å². The first-order valence-electron chi connectivity index (χ1n) is 5.54. The summed E-state index contributed by atoms with van der Waals surface area (Å²) >= 11 is 0. The van der Waals surface area contributed by atoms with Gasteiger partial charge in [0.05, 0.1) is 18.0 Å². The van der Waals surface area contributed by atoms with Crippen molar-refractivity contribution in [3.8, 4) is 0 Å². The molecule has 2 heterocycles. The number of nitrogens with two attached hydrogens (primary N) is 1. The summed E-state index contributed by atoms with van der Waals surface area (Å²) in [5.41, 5.74) is 8.21. The normalized spacial score (nSPS) is 12.9. The van der Waals surface area contributed by atoms with Crippen LogP contribution >= 0.6 is 0 Å². The van der Waals surface area contributed by atoms with E-state index in [1.165, 1.54) is 0 Å². The molecule has 4 nitrogen and oxygen atoms in total. The second-order valence-corrected chi connectivity index (χ2v) is 3.95. The van der Waals surface area contributed by atoms with E-state index in [1.807, 2.05) is 23.7 Å². The third-order valence-corrected chi connectivity index (χ3v) is 2.61. The molecule has 4 heteroatoms. The Hall–Kier alpha value is -1.55. The Balaban J connectivity index is 2.26. The van der Waals surface area contributed by atoms with Crippen molar-refractivity contribution in [1.29, 1.82) is 0 Å². The fraction of sp³-hybridized carbons (Fsp3) is 0.417. The van der Waals surface area contributed by atoms with Crippen LogP contribution in [0.5, 0.6) is 0 Å². The number of furan rings is 1. The zero-order valence-electron chi connectivity index (χ0n) is 9.68. The van der Waals surface area contributed by atoms with Crippen LogP contribution in [0.1, 0.15) is 36.4 Å². The molecule has 2 rings (SSSR count). The van der Waals surface area contributed by atoms with Crippen molar-refractivity contribution in [2.75, 3.05) is 0 Å². The maximum atomic E-state index is 6.18. The zero-order valence-corrected chi connectivity index (χ0v) is 9.68. The van der Waals surface area contributed by atoms with E-state index in [-0.39, 0.29) is 6.04 Å². The minimum Gasteiger partial charge on any atom is -0.469 e. The summed E-state index contributed by atoms with van der Waals surface area (Å²) in [5.74, 6) is 0.881. The van der Waals surface area contributed by atoms with Gasteiger partial charge in [-0.15, -0.1) is 0 Å². The summed E-state index contributed by atoms with van der Waals surface area (Å²) in [7, 11) is 0. The van der Waals surface area contributed by atoms with Gasteiger partial charge < -0.3 is 10.2 Å². The van der Waals surface area contributed by atoms with E-state index in [1.54, 1.807) is 12.5 Å². The van der Waals surface area contributed by atoms with E-state index in [9.17, 15) is 0 Å². The Kier molecular flexibility index (Phi) is 3.10. The van der Waals surface area contributed by atoms with Crippen LogP contribution in [-0.4, -0.2) is 9.78 Å². The third kappa shape index (κ3) is 2.02. The van der Waals surface area contributed by atoms with Crippen molar-refractivity contribution in [1.82, 2.24) is 9.78 Å². The van der Waals surface area contributed by atoms with Gasteiger partial charge in [0.15, 0.2) is 0 Å². The van der Waals surface area contributed by atoms with Gasteiger partial charge in [-0.25, -0.2) is 0 Å². The standard InChI is InChI=1S/C12H17N3O/c1-3-6-15-11(4-5-14-15)12(13)10-7-9(2)16-8-10/h4-5,7-8,12H,3,6,13H2,1-2H3. The van der Waals surface area contributed by atoms with Crippen molar-refractivity contribution in [2.45, 2.75) is 32.9 Å². The number of nitrogens with zero attached hydrogens (tertiary/aromatic N) is 2. The summed E-state index contributed by atoms with van der Waals surface area (Å²) in [6, 6.07) is 3.77. The van der Waals surface area contributed by atoms with Crippen molar-refractivity contribution in [2.24, 2.45) is 5.73 Å². The van der Waals surface area contributed by atoms with Crippen LogP contribution in [0.2, 0.25) is 0 Å². The second kappa shape index (κ2) is 4.53. The number of hydrogen-bond donors (Lipinski definition) is 1. The van der Waals surface area contributed by atoms with Crippen molar-refractivity contribution in [3.05, 3.63) is 41.6 Å². The Morgan fingerprint density at radius 3 is 3.00 bits per heavy atom. The Morgan fingerprint density at radius 2 is 2.38 bits per heavy atom. The average Bonchev–Trinajstić information content (AvgIpc) is 2.87. The molecule has 0 saturated carbocycles. The summed E-state index contributed by atoms with van der Waals surface area (Å²) < 4.78 is 7.23. The molecule has 2 N–H and O–H groups in total. The van der Waals surface area contributed by atoms with Crippen LogP contribution < -0.4 is 5.73 Å². The van der Waals surface area contributed by atoms with Crippen LogP contribution in [0.25, 0.3) is 0 Å². The lowest BCUT2D eigenvalue weighted by Gasteiger charge is -2.11. The lowest BCUT2D eigenvalue weighted by molar-refractivity contribution is 0.526. The minimum absolute atomic E-state index is 0.161. The van der Waals surface area contributed by atoms with Gasteiger partial charge in [-0.05, 0) is 25.5 Å². The van der Waals surface area contributed by atoms with Gasteiger partial charge in [0, 0.05) is 18.3 Å². The molecule has 86 valence electrons. The fourth-order valence-electron chi connectivity index (χ4n) is 1.80. The highest BCUT2D eigenvalue weighted by atomic mass is 16.3. The molecular formula is C12H17N3O. The van der Waals surface area contributed by atoms with Gasteiger partial charge in [0.1, 0.15) is 5.76 Å². The maximum Gasteiger partial charge on any atom is 0.101 e. The molecule has 0 saturated heterocycles. The maximum absolute atomic E-state index is 6.18. The molecule has 16 heavy (non-hydrogen) atoms. The molecule has 0 aromatic carbocycles. The molecule has 0 aliphatic rings. The summed E-state index contributed by atoms with van der Waals surface area (Å²) in [4.78, 5) is 0. The van der Waals surface area contributed by atoms with Gasteiger partial charge in [-0.3, -0.25) is 4.68 Å². The Bertz CT molecular complexity index is 458. The van der Waals surface area contributed by atoms with E-state index in [2.05, 4.69) is 12.0 Å². The molecule has 2 aromatic rings. The minimum atomic E-state index is -0.161. The van der Waals surface area contributed by atoms with Gasteiger partial charge >= 0.3 is 0 Å². The molecular weight excluding hydrogens is 202 g/mol. The van der Waals surface area contributed by atoms with Gasteiger partial charge in [0.25, 0.3) is 0 Å². The predicted molar refractivity (Wildman–Crippen MR) is 62.0 cm³/mol. The number of rotatable bonds is 4. The average molecular weight is 219 g/mol. The lowest BCUT2D eigenvalue weighted by atomic mass is 10.1. The van der Waals surface area contributed by atoms with Crippen LogP contribution in [0.15, 0.2) is 29.0 Å². The molecule has 0 aliphatic carbocycles. The fourth-order valence-corrected chi connectivity index (χ4v) is 1.80. The van der Waals surface area contributed by atoms with E-state index < -0.39 is 0 Å². The molecule has 0 radical (unpaired) electrons. The predicted octanol–water partition coefficient (Wildman–Crippen LogP) is 2.24.